The molecule has 19 heavy (non-hydrogen) atoms. The van der Waals surface area contributed by atoms with Crippen LogP contribution in [-0.2, 0) is 0 Å². The van der Waals surface area contributed by atoms with Crippen molar-refractivity contribution >= 4 is 21.6 Å². The predicted molar refractivity (Wildman–Crippen MR) is 72.7 cm³/mol. The maximum absolute atomic E-state index is 13.6. The third kappa shape index (κ3) is 1.72. The van der Waals surface area contributed by atoms with Gasteiger partial charge in [0.2, 0.25) is 0 Å². The first kappa shape index (κ1) is 11.9. The highest BCUT2D eigenvalue weighted by atomic mass is 32.1. The highest BCUT2D eigenvalue weighted by molar-refractivity contribution is 7.17. The van der Waals surface area contributed by atoms with Crippen molar-refractivity contribution in [1.82, 2.24) is 9.55 Å². The molecule has 3 aromatic rings. The molecule has 0 radical (unpaired) electrons. The van der Waals surface area contributed by atoms with Crippen molar-refractivity contribution in [3.8, 4) is 5.69 Å². The van der Waals surface area contributed by atoms with Crippen molar-refractivity contribution < 1.29 is 4.39 Å². The summed E-state index contributed by atoms with van der Waals surface area (Å²) >= 11 is 1.24. The van der Waals surface area contributed by atoms with Gasteiger partial charge in [-0.3, -0.25) is 4.79 Å². The van der Waals surface area contributed by atoms with E-state index in [1.165, 1.54) is 30.4 Å². The van der Waals surface area contributed by atoms with E-state index in [-0.39, 0.29) is 11.3 Å². The molecule has 0 aliphatic heterocycles. The number of benzene rings is 1. The summed E-state index contributed by atoms with van der Waals surface area (Å²) in [7, 11) is 0. The quantitative estimate of drug-likeness (QED) is 0.740. The number of nitrogens with zero attached hydrogens (tertiary/aromatic N) is 1. The Labute approximate surface area is 110 Å². The molecule has 0 spiro atoms. The molecule has 0 saturated carbocycles. The van der Waals surface area contributed by atoms with Crippen LogP contribution in [0.4, 0.5) is 4.39 Å². The molecule has 2 heterocycles. The second-order valence-electron chi connectivity index (χ2n) is 4.12. The topological polar surface area (TPSA) is 54.9 Å². The number of rotatable bonds is 1. The molecule has 0 aliphatic rings. The highest BCUT2D eigenvalue weighted by Gasteiger charge is 2.13. The van der Waals surface area contributed by atoms with Crippen LogP contribution in [0.25, 0.3) is 15.9 Å². The van der Waals surface area contributed by atoms with Crippen LogP contribution in [0.5, 0.6) is 0 Å². The summed E-state index contributed by atoms with van der Waals surface area (Å²) < 4.78 is 15.0. The van der Waals surface area contributed by atoms with Gasteiger partial charge in [-0.2, -0.15) is 0 Å². The first-order chi connectivity index (χ1) is 9.09. The van der Waals surface area contributed by atoms with E-state index in [0.717, 1.165) is 4.57 Å². The van der Waals surface area contributed by atoms with Crippen LogP contribution >= 0.6 is 11.3 Å². The first-order valence-corrected chi connectivity index (χ1v) is 6.45. The maximum Gasteiger partial charge on any atom is 0.333 e. The number of nitrogens with one attached hydrogen (secondary N) is 1. The van der Waals surface area contributed by atoms with Gasteiger partial charge >= 0.3 is 5.69 Å². The molecule has 0 saturated heterocycles. The molecule has 1 N–H and O–H groups in total. The van der Waals surface area contributed by atoms with Gasteiger partial charge < -0.3 is 4.98 Å². The molecule has 0 atom stereocenters. The molecule has 0 amide bonds. The van der Waals surface area contributed by atoms with Gasteiger partial charge in [0.1, 0.15) is 10.5 Å². The van der Waals surface area contributed by atoms with Crippen LogP contribution in [0.3, 0.4) is 0 Å². The molecular formula is C13H9FN2O2S. The van der Waals surface area contributed by atoms with E-state index in [1.807, 2.05) is 0 Å². The predicted octanol–water partition coefficient (Wildman–Crippen LogP) is 2.19. The summed E-state index contributed by atoms with van der Waals surface area (Å²) in [4.78, 5) is 26.9. The van der Waals surface area contributed by atoms with E-state index in [2.05, 4.69) is 4.98 Å². The Balaban J connectivity index is 2.46. The highest BCUT2D eigenvalue weighted by Crippen LogP contribution is 2.16. The van der Waals surface area contributed by atoms with Crippen LogP contribution in [0.15, 0.2) is 39.2 Å². The maximum atomic E-state index is 13.6. The van der Waals surface area contributed by atoms with Gasteiger partial charge in [-0.1, -0.05) is 6.07 Å². The van der Waals surface area contributed by atoms with Gasteiger partial charge in [0.05, 0.1) is 11.2 Å². The monoisotopic (exact) mass is 276 g/mol. The minimum absolute atomic E-state index is 0.265. The number of aromatic amines is 1. The van der Waals surface area contributed by atoms with Crippen LogP contribution in [0.2, 0.25) is 0 Å². The van der Waals surface area contributed by atoms with Crippen molar-refractivity contribution in [2.24, 2.45) is 0 Å². The van der Waals surface area contributed by atoms with Gasteiger partial charge in [0, 0.05) is 5.56 Å². The van der Waals surface area contributed by atoms with Gasteiger partial charge in [0.15, 0.2) is 0 Å². The average molecular weight is 276 g/mol. The Bertz CT molecular complexity index is 892. The number of H-pyrrole nitrogens is 1. The molecule has 0 aliphatic carbocycles. The van der Waals surface area contributed by atoms with E-state index >= 15 is 0 Å². The van der Waals surface area contributed by atoms with E-state index in [1.54, 1.807) is 17.5 Å². The van der Waals surface area contributed by atoms with Crippen LogP contribution in [-0.4, -0.2) is 9.55 Å². The molecule has 0 bridgehead atoms. The third-order valence-corrected chi connectivity index (χ3v) is 3.89. The Morgan fingerprint density at radius 1 is 1.26 bits per heavy atom. The van der Waals surface area contributed by atoms with E-state index < -0.39 is 17.1 Å². The lowest BCUT2D eigenvalue weighted by molar-refractivity contribution is 0.616. The van der Waals surface area contributed by atoms with Crippen LogP contribution in [0.1, 0.15) is 5.56 Å². The number of hydrogen-bond acceptors (Lipinski definition) is 3. The lowest BCUT2D eigenvalue weighted by Crippen LogP contribution is -2.33. The molecule has 0 unspecified atom stereocenters. The largest absolute Gasteiger partial charge is 0.333 e. The van der Waals surface area contributed by atoms with Crippen LogP contribution in [0, 0.1) is 12.7 Å². The molecule has 0 fully saturated rings. The first-order valence-electron chi connectivity index (χ1n) is 5.57. The van der Waals surface area contributed by atoms with E-state index in [4.69, 9.17) is 0 Å². The third-order valence-electron chi connectivity index (χ3n) is 2.99. The normalized spacial score (nSPS) is 11.1. The molecular weight excluding hydrogens is 267 g/mol. The number of fused-ring (bicyclic) bond motifs is 1. The lowest BCUT2D eigenvalue weighted by Gasteiger charge is -2.08. The summed E-state index contributed by atoms with van der Waals surface area (Å²) in [6.45, 7) is 1.54. The van der Waals surface area contributed by atoms with Gasteiger partial charge in [0.25, 0.3) is 5.56 Å². The van der Waals surface area contributed by atoms with Gasteiger partial charge in [-0.05, 0) is 30.5 Å². The van der Waals surface area contributed by atoms with Crippen molar-refractivity contribution in [3.05, 3.63) is 61.9 Å². The van der Waals surface area contributed by atoms with Crippen molar-refractivity contribution in [2.45, 2.75) is 6.92 Å². The van der Waals surface area contributed by atoms with E-state index in [0.29, 0.717) is 10.2 Å². The number of aromatic nitrogens is 2. The Kier molecular flexibility index (Phi) is 2.60. The van der Waals surface area contributed by atoms with Crippen molar-refractivity contribution in [3.63, 3.8) is 0 Å². The summed E-state index contributed by atoms with van der Waals surface area (Å²) in [6, 6.07) is 5.99. The fourth-order valence-corrected chi connectivity index (χ4v) is 2.77. The van der Waals surface area contributed by atoms with E-state index in [9.17, 15) is 14.0 Å². The zero-order chi connectivity index (χ0) is 13.6. The number of hydrogen-bond donors (Lipinski definition) is 1. The Hall–Kier alpha value is -2.21. The molecule has 4 nitrogen and oxygen atoms in total. The SMILES string of the molecule is Cc1c(F)cccc1-n1c(=O)[nH]c2ccsc2c1=O. The van der Waals surface area contributed by atoms with Gasteiger partial charge in [-0.25, -0.2) is 13.8 Å². The smallest absolute Gasteiger partial charge is 0.306 e. The molecule has 2 aromatic heterocycles. The molecule has 3 rings (SSSR count). The van der Waals surface area contributed by atoms with Crippen LogP contribution < -0.4 is 11.2 Å². The molecule has 1 aromatic carbocycles. The Morgan fingerprint density at radius 3 is 2.84 bits per heavy atom. The fourth-order valence-electron chi connectivity index (χ4n) is 2.00. The second-order valence-corrected chi connectivity index (χ2v) is 5.03. The second kappa shape index (κ2) is 4.17. The van der Waals surface area contributed by atoms with Crippen molar-refractivity contribution in [2.75, 3.05) is 0 Å². The zero-order valence-electron chi connectivity index (χ0n) is 9.94. The Morgan fingerprint density at radius 2 is 2.05 bits per heavy atom. The summed E-state index contributed by atoms with van der Waals surface area (Å²) in [5.74, 6) is -0.449. The fraction of sp³-hybridized carbons (Fsp3) is 0.0769. The molecule has 6 heteroatoms. The lowest BCUT2D eigenvalue weighted by atomic mass is 10.2. The van der Waals surface area contributed by atoms with Gasteiger partial charge in [-0.15, -0.1) is 11.3 Å². The summed E-state index contributed by atoms with van der Waals surface area (Å²) in [6.07, 6.45) is 0. The minimum atomic E-state index is -0.565. The standard InChI is InChI=1S/C13H9FN2O2S/c1-7-8(14)3-2-4-10(7)16-12(17)11-9(5-6-19-11)15-13(16)18/h2-6H,1H3,(H,15,18). The molecule has 96 valence electrons. The average Bonchev–Trinajstić information content (AvgIpc) is 2.82. The minimum Gasteiger partial charge on any atom is -0.306 e. The summed E-state index contributed by atoms with van der Waals surface area (Å²) in [5.41, 5.74) is 0.0462. The summed E-state index contributed by atoms with van der Waals surface area (Å²) in [5, 5.41) is 1.73. The van der Waals surface area contributed by atoms with Crippen molar-refractivity contribution in [1.29, 1.82) is 0 Å². The number of thiophene rings is 1. The number of halogens is 1. The zero-order valence-corrected chi connectivity index (χ0v) is 10.8.